The number of phenolic OH excluding ortho intramolecular Hbond substituents is 1. The van der Waals surface area contributed by atoms with Crippen molar-refractivity contribution in [1.29, 1.82) is 0 Å². The molecule has 1 rings (SSSR count). The van der Waals surface area contributed by atoms with E-state index >= 15 is 0 Å². The zero-order valence-electron chi connectivity index (χ0n) is 11.8. The Morgan fingerprint density at radius 2 is 2.19 bits per heavy atom. The number of phenols is 1. The van der Waals surface area contributed by atoms with Crippen molar-refractivity contribution in [3.8, 4) is 11.5 Å². The van der Waals surface area contributed by atoms with Crippen LogP contribution in [-0.2, 0) is 0 Å². The minimum atomic E-state index is -1.09. The van der Waals surface area contributed by atoms with Gasteiger partial charge in [0.05, 0.1) is 17.6 Å². The van der Waals surface area contributed by atoms with E-state index in [0.717, 1.165) is 18.9 Å². The zero-order valence-corrected chi connectivity index (χ0v) is 11.8. The van der Waals surface area contributed by atoms with Crippen molar-refractivity contribution in [2.75, 3.05) is 25.1 Å². The van der Waals surface area contributed by atoms with Crippen LogP contribution in [0.3, 0.4) is 0 Å². The van der Waals surface area contributed by atoms with Gasteiger partial charge in [0.2, 0.25) is 0 Å². The molecule has 0 bridgehead atoms. The van der Waals surface area contributed by atoms with Crippen molar-refractivity contribution < 1.29 is 25.0 Å². The molecule has 21 heavy (non-hydrogen) atoms. The number of hydrogen-bond acceptors (Lipinski definition) is 7. The van der Waals surface area contributed by atoms with Crippen LogP contribution < -0.4 is 10.1 Å². The van der Waals surface area contributed by atoms with Gasteiger partial charge in [0, 0.05) is 12.6 Å². The summed E-state index contributed by atoms with van der Waals surface area (Å²) in [4.78, 5) is 10.4. The number of ether oxygens (including phenoxy) is 1. The number of rotatable bonds is 9. The molecule has 1 aromatic rings. The first-order valence-electron chi connectivity index (χ1n) is 6.66. The summed E-state index contributed by atoms with van der Waals surface area (Å²) in [6, 6.07) is 2.31. The first-order valence-corrected chi connectivity index (χ1v) is 6.66. The summed E-state index contributed by atoms with van der Waals surface area (Å²) in [7, 11) is 0. The number of benzene rings is 1. The minimum absolute atomic E-state index is 0.00657. The summed E-state index contributed by atoms with van der Waals surface area (Å²) in [6.45, 7) is 1.85. The number of aliphatic hydroxyl groups excluding tert-OH is 2. The first-order chi connectivity index (χ1) is 9.99. The van der Waals surface area contributed by atoms with Gasteiger partial charge < -0.3 is 25.4 Å². The average Bonchev–Trinajstić information content (AvgIpc) is 2.46. The molecule has 0 spiro atoms. The third kappa shape index (κ3) is 5.09. The second kappa shape index (κ2) is 8.28. The molecular formula is C13H20N2O6. The van der Waals surface area contributed by atoms with Crippen molar-refractivity contribution >= 4 is 11.4 Å². The summed E-state index contributed by atoms with van der Waals surface area (Å²) < 4.78 is 5.15. The molecule has 0 aliphatic heterocycles. The Bertz CT molecular complexity index is 480. The molecular weight excluding hydrogens is 280 g/mol. The number of unbranched alkanes of at least 4 members (excludes halogenated alkanes) is 1. The summed E-state index contributed by atoms with van der Waals surface area (Å²) in [5.74, 6) is -0.389. The molecule has 1 atom stereocenters. The Labute approximate surface area is 122 Å². The second-order valence-electron chi connectivity index (χ2n) is 4.52. The van der Waals surface area contributed by atoms with E-state index in [1.54, 1.807) is 0 Å². The average molecular weight is 300 g/mol. The molecule has 0 aliphatic rings. The minimum Gasteiger partial charge on any atom is -0.504 e. The van der Waals surface area contributed by atoms with E-state index in [9.17, 15) is 20.3 Å². The van der Waals surface area contributed by atoms with Crippen molar-refractivity contribution in [1.82, 2.24) is 0 Å². The molecule has 1 aromatic carbocycles. The van der Waals surface area contributed by atoms with Crippen LogP contribution in [0.5, 0.6) is 11.5 Å². The van der Waals surface area contributed by atoms with Crippen LogP contribution in [0.25, 0.3) is 0 Å². The predicted octanol–water partition coefficient (Wildman–Crippen LogP) is 1.24. The molecule has 118 valence electrons. The van der Waals surface area contributed by atoms with Gasteiger partial charge in [-0.3, -0.25) is 10.1 Å². The molecule has 0 fully saturated rings. The molecule has 1 unspecified atom stereocenters. The summed E-state index contributed by atoms with van der Waals surface area (Å²) >= 11 is 0. The van der Waals surface area contributed by atoms with E-state index in [1.165, 1.54) is 6.07 Å². The maximum absolute atomic E-state index is 11.0. The van der Waals surface area contributed by atoms with Crippen molar-refractivity contribution in [2.24, 2.45) is 0 Å². The lowest BCUT2D eigenvalue weighted by Crippen LogP contribution is -2.21. The maximum atomic E-state index is 11.0. The molecule has 4 N–H and O–H groups in total. The number of nitro groups is 1. The fourth-order valence-electron chi connectivity index (χ4n) is 1.60. The summed E-state index contributed by atoms with van der Waals surface area (Å²) in [5, 5.41) is 41.5. The van der Waals surface area contributed by atoms with E-state index in [1.807, 2.05) is 6.92 Å². The lowest BCUT2D eigenvalue weighted by atomic mass is 10.2. The van der Waals surface area contributed by atoms with Crippen molar-refractivity contribution in [2.45, 2.75) is 25.9 Å². The molecule has 8 nitrogen and oxygen atoms in total. The fourth-order valence-corrected chi connectivity index (χ4v) is 1.60. The van der Waals surface area contributed by atoms with Gasteiger partial charge in [-0.05, 0) is 6.42 Å². The number of aromatic hydroxyl groups is 1. The highest BCUT2D eigenvalue weighted by Crippen LogP contribution is 2.37. The number of hydrogen-bond donors (Lipinski definition) is 4. The Morgan fingerprint density at radius 1 is 1.48 bits per heavy atom. The van der Waals surface area contributed by atoms with Gasteiger partial charge in [0.1, 0.15) is 18.4 Å². The second-order valence-corrected chi connectivity index (χ2v) is 4.52. The van der Waals surface area contributed by atoms with Crippen LogP contribution >= 0.6 is 0 Å². The van der Waals surface area contributed by atoms with Gasteiger partial charge in [0.25, 0.3) is 5.69 Å². The van der Waals surface area contributed by atoms with Crippen LogP contribution in [0.4, 0.5) is 11.4 Å². The van der Waals surface area contributed by atoms with E-state index in [4.69, 9.17) is 9.84 Å². The van der Waals surface area contributed by atoms with E-state index in [-0.39, 0.29) is 23.7 Å². The Hall–Kier alpha value is -2.06. The number of nitrogens with zero attached hydrogens (tertiary/aromatic N) is 1. The Balaban J connectivity index is 2.93. The summed E-state index contributed by atoms with van der Waals surface area (Å²) in [6.07, 6.45) is 0.693. The molecule has 0 heterocycles. The highest BCUT2D eigenvalue weighted by atomic mass is 16.6. The van der Waals surface area contributed by atoms with Crippen LogP contribution in [0.15, 0.2) is 12.1 Å². The molecule has 0 amide bonds. The lowest BCUT2D eigenvalue weighted by Gasteiger charge is -2.13. The third-order valence-corrected chi connectivity index (χ3v) is 2.76. The van der Waals surface area contributed by atoms with Gasteiger partial charge in [-0.2, -0.15) is 0 Å². The Kier molecular flexibility index (Phi) is 6.70. The maximum Gasteiger partial charge on any atom is 0.296 e. The molecule has 8 heteroatoms. The normalized spacial score (nSPS) is 12.0. The van der Waals surface area contributed by atoms with Crippen LogP contribution in [0.1, 0.15) is 19.8 Å². The Morgan fingerprint density at radius 3 is 2.76 bits per heavy atom. The zero-order chi connectivity index (χ0) is 15.8. The number of aliphatic hydroxyl groups is 2. The van der Waals surface area contributed by atoms with Gasteiger partial charge in [-0.1, -0.05) is 13.3 Å². The molecule has 0 aliphatic carbocycles. The van der Waals surface area contributed by atoms with E-state index in [2.05, 4.69) is 5.32 Å². The third-order valence-electron chi connectivity index (χ3n) is 2.76. The van der Waals surface area contributed by atoms with Crippen LogP contribution in [0, 0.1) is 10.1 Å². The SMILES string of the molecule is CCCCNc1cc(OCC(O)CO)c(O)cc1[N+](=O)[O-]. The molecule has 0 saturated heterocycles. The first kappa shape index (κ1) is 17.0. The van der Waals surface area contributed by atoms with Gasteiger partial charge in [-0.25, -0.2) is 0 Å². The molecule has 0 radical (unpaired) electrons. The van der Waals surface area contributed by atoms with Gasteiger partial charge in [-0.15, -0.1) is 0 Å². The van der Waals surface area contributed by atoms with Crippen LogP contribution in [0.2, 0.25) is 0 Å². The topological polar surface area (TPSA) is 125 Å². The van der Waals surface area contributed by atoms with Crippen molar-refractivity contribution in [3.05, 3.63) is 22.2 Å². The van der Waals surface area contributed by atoms with E-state index in [0.29, 0.717) is 6.54 Å². The fraction of sp³-hybridized carbons (Fsp3) is 0.538. The number of nitro benzene ring substituents is 1. The monoisotopic (exact) mass is 300 g/mol. The van der Waals surface area contributed by atoms with Gasteiger partial charge in [0.15, 0.2) is 11.5 Å². The predicted molar refractivity (Wildman–Crippen MR) is 76.7 cm³/mol. The lowest BCUT2D eigenvalue weighted by molar-refractivity contribution is -0.384. The quantitative estimate of drug-likeness (QED) is 0.234. The smallest absolute Gasteiger partial charge is 0.296 e. The number of nitrogens with one attached hydrogen (secondary N) is 1. The van der Waals surface area contributed by atoms with Gasteiger partial charge >= 0.3 is 0 Å². The van der Waals surface area contributed by atoms with Crippen molar-refractivity contribution in [3.63, 3.8) is 0 Å². The molecule has 0 saturated carbocycles. The highest BCUT2D eigenvalue weighted by Gasteiger charge is 2.19. The highest BCUT2D eigenvalue weighted by molar-refractivity contribution is 5.68. The molecule has 0 aromatic heterocycles. The van der Waals surface area contributed by atoms with E-state index < -0.39 is 23.4 Å². The van der Waals surface area contributed by atoms with Crippen LogP contribution in [-0.4, -0.2) is 46.1 Å². The standard InChI is InChI=1S/C13H20N2O6/c1-2-3-4-14-10-5-13(21-8-9(17)7-16)12(18)6-11(10)15(19)20/h5-6,9,14,16-18H,2-4,7-8H2,1H3. The summed E-state index contributed by atoms with van der Waals surface area (Å²) in [5.41, 5.74) is -0.0154. The number of anilines is 1. The largest absolute Gasteiger partial charge is 0.504 e.